The van der Waals surface area contributed by atoms with Crippen molar-refractivity contribution in [3.63, 3.8) is 0 Å². The van der Waals surface area contributed by atoms with Crippen molar-refractivity contribution >= 4 is 39.5 Å². The first-order valence-corrected chi connectivity index (χ1v) is 45.0. The zero-order valence-electron chi connectivity index (χ0n) is 68.4. The third-order valence-corrected chi connectivity index (χ3v) is 18.7. The van der Waals surface area contributed by atoms with Crippen molar-refractivity contribution in [3.8, 4) is 0 Å². The standard InChI is InChI=1S/C91H148O17P2/c1-5-9-13-17-21-25-29-33-37-40-42-45-48-52-56-60-64-68-72-76-89(94)102-82-87(108-91(96)78-74-70-66-62-58-54-50-46-43-41-38-34-30-26-22-18-14-10-6-2)84-106-110(99,100)104-80-85(92)79-103-109(97,98)105-83-86(81-101-88(93)75-71-67-63-59-55-51-47-36-32-28-24-20-16-12-8-4)107-90(95)77-73-69-65-61-57-53-49-44-39-35-31-27-23-19-15-11-7-3/h9-10,13-14,21-23,25-28,32-35,37-39,42-43,45-46,49,52-54,56,58,61,65,85-87,92H,5-8,11-12,15-20,24,29-31,36,40-41,44,47-48,50-51,55,57,59-60,62-64,66-84H2,1-4H3,(H,97,98)(H,99,100)/b13-9-,14-10-,25-21-,26-22-,27-23-,32-28-,37-33-,38-34-,39-35-,45-42-,46-43-,53-49-,56-52-,58-54-,65-61-/t85-,86+,87+/m0/s1. The Morgan fingerprint density at radius 2 is 0.482 bits per heavy atom. The second kappa shape index (κ2) is 81.2. The third-order valence-electron chi connectivity index (χ3n) is 16.8. The van der Waals surface area contributed by atoms with E-state index in [4.69, 9.17) is 37.0 Å². The van der Waals surface area contributed by atoms with Crippen molar-refractivity contribution < 1.29 is 80.2 Å². The molecule has 0 aromatic carbocycles. The van der Waals surface area contributed by atoms with E-state index in [1.54, 1.807) is 0 Å². The summed E-state index contributed by atoms with van der Waals surface area (Å²) in [5, 5.41) is 10.7. The van der Waals surface area contributed by atoms with E-state index in [2.05, 4.69) is 198 Å². The van der Waals surface area contributed by atoms with E-state index in [-0.39, 0.29) is 25.7 Å². The summed E-state index contributed by atoms with van der Waals surface area (Å²) in [5.41, 5.74) is 0. The van der Waals surface area contributed by atoms with Crippen LogP contribution in [0.1, 0.15) is 310 Å². The number of aliphatic hydroxyl groups is 1. The van der Waals surface area contributed by atoms with Crippen LogP contribution in [0.3, 0.4) is 0 Å². The van der Waals surface area contributed by atoms with Crippen molar-refractivity contribution in [1.29, 1.82) is 0 Å². The highest BCUT2D eigenvalue weighted by molar-refractivity contribution is 7.47. The van der Waals surface area contributed by atoms with Gasteiger partial charge < -0.3 is 33.8 Å². The summed E-state index contributed by atoms with van der Waals surface area (Å²) >= 11 is 0. The minimum atomic E-state index is -5.01. The fourth-order valence-electron chi connectivity index (χ4n) is 10.5. The van der Waals surface area contributed by atoms with Crippen LogP contribution in [-0.4, -0.2) is 96.7 Å². The Labute approximate surface area is 666 Å². The van der Waals surface area contributed by atoms with Gasteiger partial charge in [0.05, 0.1) is 26.4 Å². The number of rotatable bonds is 77. The number of carbonyl (C=O) groups excluding carboxylic acids is 4. The lowest BCUT2D eigenvalue weighted by Crippen LogP contribution is -2.30. The van der Waals surface area contributed by atoms with Gasteiger partial charge in [-0.15, -0.1) is 0 Å². The number of phosphoric ester groups is 2. The Balaban J connectivity index is 5.52. The van der Waals surface area contributed by atoms with E-state index >= 15 is 0 Å². The minimum absolute atomic E-state index is 0.0116. The number of allylic oxidation sites excluding steroid dienone is 30. The van der Waals surface area contributed by atoms with Gasteiger partial charge in [0, 0.05) is 25.7 Å². The number of hydrogen-bond donors (Lipinski definition) is 3. The highest BCUT2D eigenvalue weighted by Gasteiger charge is 2.30. The van der Waals surface area contributed by atoms with Crippen molar-refractivity contribution in [2.24, 2.45) is 0 Å². The monoisotopic (exact) mass is 1580 g/mol. The highest BCUT2D eigenvalue weighted by atomic mass is 31.2. The topological polar surface area (TPSA) is 237 Å². The van der Waals surface area contributed by atoms with Crippen LogP contribution < -0.4 is 0 Å². The molecule has 19 heteroatoms. The SMILES string of the molecule is CC/C=C\C/C=C\C/C=C\C/C=C\C/C=C\CCCCCC(=O)OC[C@H](COP(=O)(O)OC[C@@H](O)COP(=O)(O)OC[C@@H](COC(=O)CCCCCCCCC/C=C\CCCCCC)OC(=O)CCC/C=C\C/C=C\C/C=C\C/C=C\CCCCC)OC(=O)CCCCC/C=C\C/C=C\C/C=C\C/C=C\C/C=C\CC. The van der Waals surface area contributed by atoms with Gasteiger partial charge in [-0.05, 0) is 180 Å². The van der Waals surface area contributed by atoms with Gasteiger partial charge in [0.1, 0.15) is 19.3 Å². The molecule has 0 saturated heterocycles. The Kier molecular flexibility index (Phi) is 76.9. The molecule has 0 rings (SSSR count). The lowest BCUT2D eigenvalue weighted by molar-refractivity contribution is -0.161. The molecule has 0 aliphatic heterocycles. The quantitative estimate of drug-likeness (QED) is 0.0169. The van der Waals surface area contributed by atoms with Crippen LogP contribution in [0.15, 0.2) is 182 Å². The van der Waals surface area contributed by atoms with Crippen molar-refractivity contribution in [1.82, 2.24) is 0 Å². The van der Waals surface area contributed by atoms with E-state index < -0.39 is 97.5 Å². The largest absolute Gasteiger partial charge is 0.472 e. The summed E-state index contributed by atoms with van der Waals surface area (Å²) < 4.78 is 68.7. The highest BCUT2D eigenvalue weighted by Crippen LogP contribution is 2.45. The first-order valence-electron chi connectivity index (χ1n) is 42.0. The lowest BCUT2D eigenvalue weighted by atomic mass is 10.1. The summed E-state index contributed by atoms with van der Waals surface area (Å²) in [6, 6.07) is 0. The predicted octanol–water partition coefficient (Wildman–Crippen LogP) is 25.1. The van der Waals surface area contributed by atoms with Crippen molar-refractivity contribution in [2.45, 2.75) is 329 Å². The molecular formula is C91H148O17P2. The van der Waals surface area contributed by atoms with Gasteiger partial charge in [0.15, 0.2) is 12.2 Å². The number of unbranched alkanes of at least 4 members (excludes halogenated alkanes) is 21. The fourth-order valence-corrected chi connectivity index (χ4v) is 12.1. The fraction of sp³-hybridized carbons (Fsp3) is 0.626. The van der Waals surface area contributed by atoms with Crippen LogP contribution >= 0.6 is 15.6 Å². The maximum absolute atomic E-state index is 13.1. The van der Waals surface area contributed by atoms with Gasteiger partial charge in [-0.3, -0.25) is 37.3 Å². The van der Waals surface area contributed by atoms with E-state index in [0.717, 1.165) is 180 Å². The van der Waals surface area contributed by atoms with E-state index in [9.17, 15) is 43.2 Å². The molecule has 0 fully saturated rings. The lowest BCUT2D eigenvalue weighted by Gasteiger charge is -2.21. The molecular weight excluding hydrogens is 1430 g/mol. The Bertz CT molecular complexity index is 2800. The smallest absolute Gasteiger partial charge is 0.462 e. The van der Waals surface area contributed by atoms with Gasteiger partial charge in [0.2, 0.25) is 0 Å². The molecule has 5 atom stereocenters. The molecule has 624 valence electrons. The van der Waals surface area contributed by atoms with E-state index in [0.29, 0.717) is 32.1 Å². The average Bonchev–Trinajstić information content (AvgIpc) is 0.907. The molecule has 110 heavy (non-hydrogen) atoms. The number of ether oxygens (including phenoxy) is 4. The van der Waals surface area contributed by atoms with Gasteiger partial charge in [-0.2, -0.15) is 0 Å². The van der Waals surface area contributed by atoms with Crippen LogP contribution in [0, 0.1) is 0 Å². The summed E-state index contributed by atoms with van der Waals surface area (Å²) in [7, 11) is -10.0. The number of esters is 4. The molecule has 2 unspecified atom stereocenters. The molecule has 0 aromatic rings. The first kappa shape index (κ1) is 104. The molecule has 17 nitrogen and oxygen atoms in total. The molecule has 0 heterocycles. The molecule has 0 amide bonds. The summed E-state index contributed by atoms with van der Waals surface area (Å²) in [4.78, 5) is 73.2. The normalized spacial score (nSPS) is 14.7. The van der Waals surface area contributed by atoms with Gasteiger partial charge >= 0.3 is 39.5 Å². The Hall–Kier alpha value is -5.84. The predicted molar refractivity (Wildman–Crippen MR) is 454 cm³/mol. The molecule has 0 aliphatic carbocycles. The van der Waals surface area contributed by atoms with Crippen molar-refractivity contribution in [3.05, 3.63) is 182 Å². The van der Waals surface area contributed by atoms with Crippen molar-refractivity contribution in [2.75, 3.05) is 39.6 Å². The van der Waals surface area contributed by atoms with Gasteiger partial charge in [-0.1, -0.05) is 287 Å². The summed E-state index contributed by atoms with van der Waals surface area (Å²) in [6.07, 6.45) is 98.6. The molecule has 0 bridgehead atoms. The first-order chi connectivity index (χ1) is 53.7. The van der Waals surface area contributed by atoms with Crippen LogP contribution in [0.25, 0.3) is 0 Å². The van der Waals surface area contributed by atoms with Gasteiger partial charge in [-0.25, -0.2) is 9.13 Å². The Morgan fingerprint density at radius 3 is 0.800 bits per heavy atom. The molecule has 0 spiro atoms. The number of aliphatic hydroxyl groups excluding tert-OH is 1. The molecule has 0 aromatic heterocycles. The second-order valence-corrected chi connectivity index (χ2v) is 30.2. The summed E-state index contributed by atoms with van der Waals surface area (Å²) in [6.45, 7) is 4.46. The second-order valence-electron chi connectivity index (χ2n) is 27.3. The number of phosphoric acid groups is 2. The number of carbonyl (C=O) groups is 4. The van der Waals surface area contributed by atoms with Crippen LogP contribution in [0.2, 0.25) is 0 Å². The molecule has 0 aliphatic rings. The van der Waals surface area contributed by atoms with Crippen LogP contribution in [-0.2, 0) is 65.4 Å². The maximum atomic E-state index is 13.1. The number of hydrogen-bond acceptors (Lipinski definition) is 15. The average molecular weight is 1580 g/mol. The third kappa shape index (κ3) is 80.2. The molecule has 3 N–H and O–H groups in total. The van der Waals surface area contributed by atoms with E-state index in [1.807, 2.05) is 12.2 Å². The van der Waals surface area contributed by atoms with Gasteiger partial charge in [0.25, 0.3) is 0 Å². The zero-order valence-corrected chi connectivity index (χ0v) is 70.1. The Morgan fingerprint density at radius 1 is 0.264 bits per heavy atom. The van der Waals surface area contributed by atoms with Crippen LogP contribution in [0.5, 0.6) is 0 Å². The van der Waals surface area contributed by atoms with Crippen LogP contribution in [0.4, 0.5) is 0 Å². The van der Waals surface area contributed by atoms with E-state index in [1.165, 1.54) is 44.9 Å². The summed E-state index contributed by atoms with van der Waals surface area (Å²) in [5.74, 6) is -2.33. The molecule has 0 radical (unpaired) electrons. The zero-order chi connectivity index (χ0) is 80.3. The minimum Gasteiger partial charge on any atom is -0.462 e. The molecule has 0 saturated carbocycles. The maximum Gasteiger partial charge on any atom is 0.472 e.